The molecule has 30 heavy (non-hydrogen) atoms. The fourth-order valence-corrected chi connectivity index (χ4v) is 3.53. The molecular weight excluding hydrogens is 388 g/mol. The van der Waals surface area contributed by atoms with Gasteiger partial charge in [-0.25, -0.2) is 0 Å². The van der Waals surface area contributed by atoms with Crippen LogP contribution in [0, 0.1) is 0 Å². The van der Waals surface area contributed by atoms with Gasteiger partial charge in [0.15, 0.2) is 0 Å². The van der Waals surface area contributed by atoms with Crippen LogP contribution in [0.15, 0.2) is 24.3 Å². The average molecular weight is 425 g/mol. The molecule has 0 heterocycles. The van der Waals surface area contributed by atoms with E-state index in [0.29, 0.717) is 18.9 Å². The molecule has 170 valence electrons. The molecule has 0 unspecified atom stereocenters. The number of carbonyl (C=O) groups is 1. The second-order valence-electron chi connectivity index (χ2n) is 8.76. The summed E-state index contributed by atoms with van der Waals surface area (Å²) in [4.78, 5) is 16.7. The summed E-state index contributed by atoms with van der Waals surface area (Å²) in [6.07, 6.45) is 4.85. The van der Waals surface area contributed by atoms with Gasteiger partial charge in [0.1, 0.15) is 18.5 Å². The summed E-state index contributed by atoms with van der Waals surface area (Å²) in [7, 11) is 0. The molecule has 1 aromatic rings. The number of para-hydroxylation sites is 1. The lowest BCUT2D eigenvalue weighted by Gasteiger charge is -2.26. The van der Waals surface area contributed by atoms with E-state index in [1.165, 1.54) is 31.2 Å². The summed E-state index contributed by atoms with van der Waals surface area (Å²) >= 11 is 0. The normalized spacial score (nSPS) is 16.1. The zero-order valence-corrected chi connectivity index (χ0v) is 18.3. The molecule has 0 bridgehead atoms. The van der Waals surface area contributed by atoms with Gasteiger partial charge in [0.05, 0.1) is 12.0 Å². The van der Waals surface area contributed by atoms with Crippen LogP contribution in [-0.4, -0.2) is 53.2 Å². The Kier molecular flexibility index (Phi) is 10.0. The van der Waals surface area contributed by atoms with E-state index < -0.39 is 6.10 Å². The third-order valence-electron chi connectivity index (χ3n) is 5.03. The predicted octanol–water partition coefficient (Wildman–Crippen LogP) is 3.82. The van der Waals surface area contributed by atoms with Crippen LogP contribution in [0.1, 0.15) is 70.8 Å². The Morgan fingerprint density at radius 1 is 1.23 bits per heavy atom. The van der Waals surface area contributed by atoms with E-state index in [4.69, 9.17) is 19.9 Å². The van der Waals surface area contributed by atoms with Crippen molar-refractivity contribution in [3.05, 3.63) is 29.8 Å². The van der Waals surface area contributed by atoms with Gasteiger partial charge in [-0.15, -0.1) is 0 Å². The van der Waals surface area contributed by atoms with Crippen LogP contribution in [0.4, 0.5) is 0 Å². The number of ether oxygens (including phenoxy) is 2. The van der Waals surface area contributed by atoms with Gasteiger partial charge in [0, 0.05) is 18.5 Å². The highest BCUT2D eigenvalue weighted by atomic mass is 17.1. The zero-order chi connectivity index (χ0) is 22.0. The van der Waals surface area contributed by atoms with Crippen LogP contribution in [0.3, 0.4) is 0 Å². The predicted molar refractivity (Wildman–Crippen MR) is 111 cm³/mol. The van der Waals surface area contributed by atoms with Gasteiger partial charge < -0.3 is 14.8 Å². The van der Waals surface area contributed by atoms with E-state index in [0.717, 1.165) is 5.75 Å². The molecule has 2 rings (SSSR count). The molecule has 1 aliphatic carbocycles. The lowest BCUT2D eigenvalue weighted by atomic mass is 9.97. The first kappa shape index (κ1) is 24.6. The Bertz CT molecular complexity index is 641. The Morgan fingerprint density at radius 3 is 2.60 bits per heavy atom. The highest BCUT2D eigenvalue weighted by Crippen LogP contribution is 2.38. The number of hydrogen-bond acceptors (Lipinski definition) is 8. The molecule has 0 radical (unpaired) electrons. The summed E-state index contributed by atoms with van der Waals surface area (Å²) in [6, 6.07) is 8.12. The van der Waals surface area contributed by atoms with Crippen molar-refractivity contribution in [2.45, 2.75) is 76.9 Å². The first-order valence-electron chi connectivity index (χ1n) is 10.7. The van der Waals surface area contributed by atoms with E-state index in [9.17, 15) is 4.79 Å². The maximum atomic E-state index is 12.2. The van der Waals surface area contributed by atoms with Gasteiger partial charge in [0.25, 0.3) is 0 Å². The fourth-order valence-electron chi connectivity index (χ4n) is 3.53. The second kappa shape index (κ2) is 12.2. The SMILES string of the molecule is CC(C)(C)NC[C@@H](COc1ccccc1C1CCCC1)OC(=O)CCCON(O)O. The Hall–Kier alpha value is -1.71. The topological polar surface area (TPSA) is 100 Å². The molecule has 8 nitrogen and oxygen atoms in total. The maximum absolute atomic E-state index is 12.2. The minimum atomic E-state index is -0.443. The summed E-state index contributed by atoms with van der Waals surface area (Å²) in [5.41, 5.74) is 1.12. The van der Waals surface area contributed by atoms with Gasteiger partial charge in [-0.05, 0) is 57.6 Å². The Morgan fingerprint density at radius 2 is 1.93 bits per heavy atom. The number of hydrogen-bond donors (Lipinski definition) is 3. The molecule has 3 N–H and O–H groups in total. The van der Waals surface area contributed by atoms with Gasteiger partial charge in [-0.3, -0.25) is 20.0 Å². The van der Waals surface area contributed by atoms with E-state index in [1.54, 1.807) is 0 Å². The molecule has 1 saturated carbocycles. The van der Waals surface area contributed by atoms with Crippen LogP contribution in [0.25, 0.3) is 0 Å². The van der Waals surface area contributed by atoms with E-state index >= 15 is 0 Å². The third-order valence-corrected chi connectivity index (χ3v) is 5.03. The van der Waals surface area contributed by atoms with E-state index in [2.05, 4.69) is 37.0 Å². The standard InChI is InChI=1S/C22H36N2O6/c1-22(2,3)23-15-18(30-21(25)13-8-14-29-24(26)27)16-28-20-12-7-6-11-19(20)17-9-4-5-10-17/h6-7,11-12,17-18,23,26-27H,4-5,8-10,13-16H2,1-3H3/t18-/m0/s1. The van der Waals surface area contributed by atoms with E-state index in [-0.39, 0.29) is 36.5 Å². The van der Waals surface area contributed by atoms with Crippen molar-refractivity contribution in [2.24, 2.45) is 0 Å². The smallest absolute Gasteiger partial charge is 0.306 e. The molecule has 8 heteroatoms. The molecule has 0 spiro atoms. The van der Waals surface area contributed by atoms with Crippen molar-refractivity contribution in [3.8, 4) is 5.75 Å². The number of nitrogens with one attached hydrogen (secondary N) is 1. The lowest BCUT2D eigenvalue weighted by Crippen LogP contribution is -2.44. The van der Waals surface area contributed by atoms with Gasteiger partial charge in [-0.2, -0.15) is 0 Å². The molecular formula is C22H36N2O6. The molecule has 1 atom stereocenters. The van der Waals surface area contributed by atoms with Crippen LogP contribution < -0.4 is 10.1 Å². The lowest BCUT2D eigenvalue weighted by molar-refractivity contribution is -0.492. The quantitative estimate of drug-likeness (QED) is 0.265. The van der Waals surface area contributed by atoms with Crippen LogP contribution in [0.2, 0.25) is 0 Å². The first-order chi connectivity index (χ1) is 14.2. The molecule has 1 fully saturated rings. The molecule has 0 amide bonds. The minimum absolute atomic E-state index is 0.00171. The molecule has 0 saturated heterocycles. The van der Waals surface area contributed by atoms with Gasteiger partial charge in [0.2, 0.25) is 0 Å². The first-order valence-corrected chi connectivity index (χ1v) is 10.7. The van der Waals surface area contributed by atoms with Gasteiger partial charge >= 0.3 is 5.97 Å². The summed E-state index contributed by atoms with van der Waals surface area (Å²) in [6.45, 7) is 6.88. The van der Waals surface area contributed by atoms with Gasteiger partial charge in [-0.1, -0.05) is 31.0 Å². The van der Waals surface area contributed by atoms with Crippen LogP contribution in [0.5, 0.6) is 5.75 Å². The summed E-state index contributed by atoms with van der Waals surface area (Å²) in [5.74, 6) is 1.02. The number of carbonyl (C=O) groups excluding carboxylic acids is 1. The van der Waals surface area contributed by atoms with Crippen molar-refractivity contribution in [1.29, 1.82) is 0 Å². The summed E-state index contributed by atoms with van der Waals surface area (Å²) < 4.78 is 11.7. The largest absolute Gasteiger partial charge is 0.489 e. The zero-order valence-electron chi connectivity index (χ0n) is 18.3. The third kappa shape index (κ3) is 9.40. The van der Waals surface area contributed by atoms with E-state index in [1.807, 2.05) is 18.2 Å². The minimum Gasteiger partial charge on any atom is -0.489 e. The molecule has 0 aromatic heterocycles. The monoisotopic (exact) mass is 424 g/mol. The average Bonchev–Trinajstić information content (AvgIpc) is 3.21. The summed E-state index contributed by atoms with van der Waals surface area (Å²) in [5, 5.41) is 20.0. The Balaban J connectivity index is 1.92. The molecule has 1 aromatic carbocycles. The van der Waals surface area contributed by atoms with Crippen LogP contribution >= 0.6 is 0 Å². The number of rotatable bonds is 12. The number of nitrogens with zero attached hydrogens (tertiary/aromatic N) is 1. The number of benzene rings is 1. The molecule has 0 aliphatic heterocycles. The van der Waals surface area contributed by atoms with Crippen molar-refractivity contribution in [3.63, 3.8) is 0 Å². The van der Waals surface area contributed by atoms with Crippen molar-refractivity contribution in [1.82, 2.24) is 10.7 Å². The molecule has 1 aliphatic rings. The fraction of sp³-hybridized carbons (Fsp3) is 0.682. The van der Waals surface area contributed by atoms with Crippen LogP contribution in [-0.2, 0) is 14.4 Å². The van der Waals surface area contributed by atoms with Crippen molar-refractivity contribution in [2.75, 3.05) is 19.8 Å². The van der Waals surface area contributed by atoms with Crippen molar-refractivity contribution < 1.29 is 29.5 Å². The highest BCUT2D eigenvalue weighted by Gasteiger charge is 2.23. The highest BCUT2D eigenvalue weighted by molar-refractivity contribution is 5.69. The second-order valence-corrected chi connectivity index (χ2v) is 8.76. The Labute approximate surface area is 179 Å². The number of esters is 1. The van der Waals surface area contributed by atoms with Crippen molar-refractivity contribution >= 4 is 5.97 Å². The maximum Gasteiger partial charge on any atom is 0.306 e.